The Morgan fingerprint density at radius 1 is 1.22 bits per heavy atom. The molecule has 1 aromatic rings. The number of nitrogens with zero attached hydrogens (tertiary/aromatic N) is 3. The molecule has 0 unspecified atom stereocenters. The van der Waals surface area contributed by atoms with Crippen LogP contribution in [0.5, 0.6) is 0 Å². The van der Waals surface area contributed by atoms with E-state index in [9.17, 15) is 14.0 Å². The number of ether oxygens (including phenoxy) is 1. The van der Waals surface area contributed by atoms with Crippen molar-refractivity contribution in [1.82, 2.24) is 4.90 Å². The Morgan fingerprint density at radius 3 is 2.35 bits per heavy atom. The molecule has 0 radical (unpaired) electrons. The second-order valence-corrected chi connectivity index (χ2v) is 4.74. The molecule has 0 saturated heterocycles. The first-order valence-electron chi connectivity index (χ1n) is 6.94. The van der Waals surface area contributed by atoms with Crippen LogP contribution in [0.15, 0.2) is 18.2 Å². The quantitative estimate of drug-likeness (QED) is 0.716. The summed E-state index contributed by atoms with van der Waals surface area (Å²) in [6.07, 6.45) is 0.239. The molecule has 120 valence electrons. The Balaban J connectivity index is 2.61. The van der Waals surface area contributed by atoms with Crippen LogP contribution in [0.3, 0.4) is 0 Å². The molecular formula is C16H16FN3O3. The normalized spacial score (nSPS) is 9.57. The summed E-state index contributed by atoms with van der Waals surface area (Å²) in [7, 11) is 0. The van der Waals surface area contributed by atoms with E-state index < -0.39 is 24.3 Å². The van der Waals surface area contributed by atoms with Gasteiger partial charge in [-0.15, -0.1) is 0 Å². The highest BCUT2D eigenvalue weighted by molar-refractivity contribution is 5.91. The molecule has 6 nitrogen and oxygen atoms in total. The van der Waals surface area contributed by atoms with Gasteiger partial charge < -0.3 is 9.64 Å². The maximum absolute atomic E-state index is 13.4. The van der Waals surface area contributed by atoms with Gasteiger partial charge in [-0.05, 0) is 24.6 Å². The Labute approximate surface area is 133 Å². The van der Waals surface area contributed by atoms with E-state index in [0.717, 1.165) is 6.07 Å². The number of halogens is 1. The standard InChI is InChI=1S/C16H16FN3O3/c1-12-4-5-13(10-14(12)17)16(22)23-11-15(21)20(8-2-6-18)9-3-7-19/h4-5,10H,2-3,8-9,11H2,1H3. The largest absolute Gasteiger partial charge is 0.452 e. The lowest BCUT2D eigenvalue weighted by Crippen LogP contribution is -2.36. The minimum absolute atomic E-state index is 0.0153. The molecule has 0 N–H and O–H groups in total. The van der Waals surface area contributed by atoms with Gasteiger partial charge in [-0.3, -0.25) is 4.79 Å². The Bertz CT molecular complexity index is 644. The van der Waals surface area contributed by atoms with Crippen LogP contribution in [0.2, 0.25) is 0 Å². The summed E-state index contributed by atoms with van der Waals surface area (Å²) >= 11 is 0. The van der Waals surface area contributed by atoms with Gasteiger partial charge in [0.25, 0.3) is 5.91 Å². The molecule has 0 saturated carbocycles. The molecule has 0 aromatic heterocycles. The number of hydrogen-bond acceptors (Lipinski definition) is 5. The van der Waals surface area contributed by atoms with E-state index in [1.807, 2.05) is 12.1 Å². The zero-order chi connectivity index (χ0) is 17.2. The molecular weight excluding hydrogens is 301 g/mol. The van der Waals surface area contributed by atoms with Crippen LogP contribution in [-0.4, -0.2) is 36.5 Å². The molecule has 0 aliphatic heterocycles. The zero-order valence-electron chi connectivity index (χ0n) is 12.7. The van der Waals surface area contributed by atoms with Gasteiger partial charge in [0, 0.05) is 13.1 Å². The lowest BCUT2D eigenvalue weighted by atomic mass is 10.1. The second-order valence-electron chi connectivity index (χ2n) is 4.74. The van der Waals surface area contributed by atoms with Gasteiger partial charge in [0.1, 0.15) is 5.82 Å². The van der Waals surface area contributed by atoms with Gasteiger partial charge in [0.05, 0.1) is 30.5 Å². The van der Waals surface area contributed by atoms with Crippen molar-refractivity contribution in [1.29, 1.82) is 10.5 Å². The second kappa shape index (κ2) is 9.16. The maximum Gasteiger partial charge on any atom is 0.338 e. The third kappa shape index (κ3) is 5.76. The molecule has 0 aliphatic carbocycles. The minimum Gasteiger partial charge on any atom is -0.452 e. The number of benzene rings is 1. The lowest BCUT2D eigenvalue weighted by Gasteiger charge is -2.20. The van der Waals surface area contributed by atoms with Crippen molar-refractivity contribution in [3.63, 3.8) is 0 Å². The van der Waals surface area contributed by atoms with E-state index in [4.69, 9.17) is 15.3 Å². The first kappa shape index (κ1) is 18.1. The van der Waals surface area contributed by atoms with Gasteiger partial charge in [0.15, 0.2) is 6.61 Å². The molecule has 1 amide bonds. The van der Waals surface area contributed by atoms with Gasteiger partial charge in [-0.2, -0.15) is 10.5 Å². The first-order chi connectivity index (χ1) is 11.0. The summed E-state index contributed by atoms with van der Waals surface area (Å²) in [5, 5.41) is 17.1. The van der Waals surface area contributed by atoms with Gasteiger partial charge in [-0.25, -0.2) is 9.18 Å². The van der Waals surface area contributed by atoms with E-state index in [-0.39, 0.29) is 31.5 Å². The Kier molecular flexibility index (Phi) is 7.22. The van der Waals surface area contributed by atoms with E-state index in [2.05, 4.69) is 0 Å². The number of esters is 1. The van der Waals surface area contributed by atoms with Crippen LogP contribution < -0.4 is 0 Å². The van der Waals surface area contributed by atoms with Crippen molar-refractivity contribution >= 4 is 11.9 Å². The molecule has 23 heavy (non-hydrogen) atoms. The van der Waals surface area contributed by atoms with E-state index in [1.165, 1.54) is 17.0 Å². The average Bonchev–Trinajstić information content (AvgIpc) is 2.55. The summed E-state index contributed by atoms with van der Waals surface area (Å²) in [6, 6.07) is 7.71. The predicted molar refractivity (Wildman–Crippen MR) is 78.5 cm³/mol. The van der Waals surface area contributed by atoms with E-state index in [1.54, 1.807) is 6.92 Å². The summed E-state index contributed by atoms with van der Waals surface area (Å²) in [4.78, 5) is 25.1. The van der Waals surface area contributed by atoms with Crippen LogP contribution in [0.4, 0.5) is 4.39 Å². The number of hydrogen-bond donors (Lipinski definition) is 0. The molecule has 0 aliphatic rings. The van der Waals surface area contributed by atoms with Crippen molar-refractivity contribution in [3.05, 3.63) is 35.1 Å². The molecule has 7 heteroatoms. The van der Waals surface area contributed by atoms with Crippen LogP contribution in [-0.2, 0) is 9.53 Å². The fourth-order valence-corrected chi connectivity index (χ4v) is 1.75. The lowest BCUT2D eigenvalue weighted by molar-refractivity contribution is -0.134. The predicted octanol–water partition coefficient (Wildman–Crippen LogP) is 1.95. The number of rotatable bonds is 7. The van der Waals surface area contributed by atoms with Gasteiger partial charge in [0.2, 0.25) is 0 Å². The smallest absolute Gasteiger partial charge is 0.338 e. The van der Waals surface area contributed by atoms with Crippen LogP contribution in [0.1, 0.15) is 28.8 Å². The number of carbonyl (C=O) groups excluding carboxylic acids is 2. The van der Waals surface area contributed by atoms with E-state index in [0.29, 0.717) is 5.56 Å². The average molecular weight is 317 g/mol. The van der Waals surface area contributed by atoms with Crippen LogP contribution >= 0.6 is 0 Å². The zero-order valence-corrected chi connectivity index (χ0v) is 12.7. The maximum atomic E-state index is 13.4. The summed E-state index contributed by atoms with van der Waals surface area (Å²) in [5.41, 5.74) is 0.415. The number of aryl methyl sites for hydroxylation is 1. The minimum atomic E-state index is -0.808. The fourth-order valence-electron chi connectivity index (χ4n) is 1.75. The molecule has 0 atom stereocenters. The number of amides is 1. The van der Waals surface area contributed by atoms with Gasteiger partial charge in [-0.1, -0.05) is 6.07 Å². The highest BCUT2D eigenvalue weighted by Crippen LogP contribution is 2.10. The molecule has 0 bridgehead atoms. The van der Waals surface area contributed by atoms with E-state index >= 15 is 0 Å². The molecule has 0 spiro atoms. The third-order valence-electron chi connectivity index (χ3n) is 3.07. The molecule has 0 fully saturated rings. The highest BCUT2D eigenvalue weighted by Gasteiger charge is 2.16. The van der Waals surface area contributed by atoms with Crippen molar-refractivity contribution in [3.8, 4) is 12.1 Å². The highest BCUT2D eigenvalue weighted by atomic mass is 19.1. The van der Waals surface area contributed by atoms with Crippen molar-refractivity contribution in [2.45, 2.75) is 19.8 Å². The Morgan fingerprint density at radius 2 is 1.83 bits per heavy atom. The van der Waals surface area contributed by atoms with Crippen molar-refractivity contribution in [2.24, 2.45) is 0 Å². The third-order valence-corrected chi connectivity index (χ3v) is 3.07. The number of carbonyl (C=O) groups is 2. The number of nitriles is 2. The van der Waals surface area contributed by atoms with Crippen LogP contribution in [0, 0.1) is 35.4 Å². The molecule has 1 rings (SSSR count). The summed E-state index contributed by atoms with van der Waals surface area (Å²) in [5.74, 6) is -1.84. The summed E-state index contributed by atoms with van der Waals surface area (Å²) < 4.78 is 18.3. The SMILES string of the molecule is Cc1ccc(C(=O)OCC(=O)N(CCC#N)CCC#N)cc1F. The summed E-state index contributed by atoms with van der Waals surface area (Å²) in [6.45, 7) is 1.36. The van der Waals surface area contributed by atoms with Crippen molar-refractivity contribution < 1.29 is 18.7 Å². The van der Waals surface area contributed by atoms with Gasteiger partial charge >= 0.3 is 5.97 Å². The molecule has 0 heterocycles. The molecule has 1 aromatic carbocycles. The fraction of sp³-hybridized carbons (Fsp3) is 0.375. The monoisotopic (exact) mass is 317 g/mol. The Hall–Kier alpha value is -2.93. The topological polar surface area (TPSA) is 94.2 Å². The van der Waals surface area contributed by atoms with Crippen molar-refractivity contribution in [2.75, 3.05) is 19.7 Å². The van der Waals surface area contributed by atoms with Crippen LogP contribution in [0.25, 0.3) is 0 Å². The first-order valence-corrected chi connectivity index (χ1v) is 6.94.